The van der Waals surface area contributed by atoms with E-state index in [2.05, 4.69) is 24.3 Å². The van der Waals surface area contributed by atoms with Crippen molar-refractivity contribution in [2.45, 2.75) is 46.0 Å². The molecule has 11 heavy (non-hydrogen) atoms. The summed E-state index contributed by atoms with van der Waals surface area (Å²) in [5.74, 6) is 0. The van der Waals surface area contributed by atoms with Gasteiger partial charge < -0.3 is 9.76 Å². The summed E-state index contributed by atoms with van der Waals surface area (Å²) in [4.78, 5) is 0. The number of aliphatic hydroxyl groups excluding tert-OH is 1. The van der Waals surface area contributed by atoms with Gasteiger partial charge in [-0.25, -0.2) is 0 Å². The third-order valence-corrected chi connectivity index (χ3v) is 2.40. The second-order valence-electron chi connectivity index (χ2n) is 3.85. The van der Waals surface area contributed by atoms with Gasteiger partial charge in [-0.3, -0.25) is 0 Å². The summed E-state index contributed by atoms with van der Waals surface area (Å²) in [5, 5.41) is 9.38. The molecule has 0 aliphatic rings. The van der Waals surface area contributed by atoms with E-state index in [1.54, 1.807) is 0 Å². The van der Waals surface area contributed by atoms with Gasteiger partial charge in [0.1, 0.15) is 0 Å². The van der Waals surface area contributed by atoms with Gasteiger partial charge >= 0.3 is 0 Å². The van der Waals surface area contributed by atoms with E-state index in [1.165, 1.54) is 0 Å². The summed E-state index contributed by atoms with van der Waals surface area (Å²) >= 11 is 0. The molecule has 0 aromatic heterocycles. The molecule has 2 nitrogen and oxygen atoms in total. The first-order chi connectivity index (χ1) is 4.87. The quantitative estimate of drug-likeness (QED) is 0.514. The van der Waals surface area contributed by atoms with Crippen LogP contribution in [0.4, 0.5) is 0 Å². The van der Waals surface area contributed by atoms with Gasteiger partial charge in [0.05, 0.1) is 6.10 Å². The van der Waals surface area contributed by atoms with Gasteiger partial charge in [-0.1, -0.05) is 6.92 Å². The molecule has 1 unspecified atom stereocenters. The predicted octanol–water partition coefficient (Wildman–Crippen LogP) is 2.05. The Morgan fingerprint density at radius 1 is 1.45 bits per heavy atom. The summed E-state index contributed by atoms with van der Waals surface area (Å²) in [6, 6.07) is 0. The SMILES string of the molecule is CCC(O)C(C)=N[Si](C)(C)C. The predicted molar refractivity (Wildman–Crippen MR) is 52.8 cm³/mol. The van der Waals surface area contributed by atoms with Crippen LogP contribution in [0.5, 0.6) is 0 Å². The largest absolute Gasteiger partial charge is 0.387 e. The molecule has 0 aliphatic carbocycles. The van der Waals surface area contributed by atoms with Crippen molar-refractivity contribution in [1.82, 2.24) is 0 Å². The molecule has 0 rings (SSSR count). The molecule has 0 aromatic rings. The summed E-state index contributed by atoms with van der Waals surface area (Å²) in [6.07, 6.45) is 0.432. The molecule has 0 aliphatic heterocycles. The molecular formula is C8H19NOSi. The zero-order valence-corrected chi connectivity index (χ0v) is 9.18. The molecule has 0 amide bonds. The van der Waals surface area contributed by atoms with E-state index >= 15 is 0 Å². The van der Waals surface area contributed by atoms with E-state index in [1.807, 2.05) is 13.8 Å². The molecular weight excluding hydrogens is 154 g/mol. The molecule has 0 bridgehead atoms. The van der Waals surface area contributed by atoms with E-state index in [0.717, 1.165) is 12.1 Å². The average molecular weight is 173 g/mol. The van der Waals surface area contributed by atoms with Gasteiger partial charge in [0.25, 0.3) is 0 Å². The van der Waals surface area contributed by atoms with Crippen molar-refractivity contribution in [3.63, 3.8) is 0 Å². The Morgan fingerprint density at radius 3 is 2.18 bits per heavy atom. The topological polar surface area (TPSA) is 32.6 Å². The molecule has 0 heterocycles. The lowest BCUT2D eigenvalue weighted by atomic mass is 10.2. The van der Waals surface area contributed by atoms with E-state index in [9.17, 15) is 5.11 Å². The minimum atomic E-state index is -1.37. The van der Waals surface area contributed by atoms with Crippen molar-refractivity contribution < 1.29 is 5.11 Å². The lowest BCUT2D eigenvalue weighted by Gasteiger charge is -2.14. The molecule has 0 radical (unpaired) electrons. The molecule has 0 aromatic carbocycles. The Morgan fingerprint density at radius 2 is 1.91 bits per heavy atom. The van der Waals surface area contributed by atoms with Crippen LogP contribution in [0.25, 0.3) is 0 Å². The highest BCUT2D eigenvalue weighted by atomic mass is 28.3. The average Bonchev–Trinajstić information content (AvgIpc) is 1.82. The second kappa shape index (κ2) is 4.02. The van der Waals surface area contributed by atoms with Gasteiger partial charge in [-0.05, 0) is 33.0 Å². The smallest absolute Gasteiger partial charge is 0.172 e. The maximum absolute atomic E-state index is 9.38. The van der Waals surface area contributed by atoms with E-state index < -0.39 is 8.24 Å². The highest BCUT2D eigenvalue weighted by Gasteiger charge is 2.13. The van der Waals surface area contributed by atoms with Crippen molar-refractivity contribution in [3.05, 3.63) is 0 Å². The van der Waals surface area contributed by atoms with Crippen molar-refractivity contribution in [1.29, 1.82) is 0 Å². The molecule has 0 fully saturated rings. The van der Waals surface area contributed by atoms with E-state index in [0.29, 0.717) is 0 Å². The van der Waals surface area contributed by atoms with Gasteiger partial charge in [0.15, 0.2) is 8.24 Å². The molecule has 3 heteroatoms. The van der Waals surface area contributed by atoms with Crippen LogP contribution < -0.4 is 0 Å². The normalized spacial score (nSPS) is 16.7. The summed E-state index contributed by atoms with van der Waals surface area (Å²) in [6.45, 7) is 10.4. The van der Waals surface area contributed by atoms with Gasteiger partial charge in [-0.2, -0.15) is 0 Å². The van der Waals surface area contributed by atoms with Crippen LogP contribution in [-0.2, 0) is 0 Å². The lowest BCUT2D eigenvalue weighted by molar-refractivity contribution is 0.237. The number of hydrogen-bond acceptors (Lipinski definition) is 2. The van der Waals surface area contributed by atoms with Crippen LogP contribution in [0.2, 0.25) is 19.6 Å². The molecule has 0 saturated carbocycles. The molecule has 1 atom stereocenters. The Hall–Kier alpha value is -0.153. The lowest BCUT2D eigenvalue weighted by Crippen LogP contribution is -2.24. The minimum absolute atomic E-state index is 0.332. The fraction of sp³-hybridized carbons (Fsp3) is 0.875. The number of rotatable bonds is 3. The standard InChI is InChI=1S/C8H19NOSi/c1-6-8(10)7(2)9-11(3,4)5/h8,10H,6H2,1-5H3. The molecule has 0 spiro atoms. The zero-order valence-electron chi connectivity index (χ0n) is 8.18. The first-order valence-corrected chi connectivity index (χ1v) is 7.56. The van der Waals surface area contributed by atoms with Crippen molar-refractivity contribution in [3.8, 4) is 0 Å². The second-order valence-corrected chi connectivity index (χ2v) is 8.41. The van der Waals surface area contributed by atoms with Crippen molar-refractivity contribution >= 4 is 13.9 Å². The van der Waals surface area contributed by atoms with Crippen LogP contribution in [0.15, 0.2) is 4.66 Å². The van der Waals surface area contributed by atoms with Gasteiger partial charge in [0, 0.05) is 5.71 Å². The van der Waals surface area contributed by atoms with Crippen LogP contribution in [0, 0.1) is 0 Å². The Bertz CT molecular complexity index is 149. The molecule has 0 saturated heterocycles. The summed E-state index contributed by atoms with van der Waals surface area (Å²) < 4.78 is 4.49. The Labute approximate surface area is 70.4 Å². The highest BCUT2D eigenvalue weighted by molar-refractivity contribution is 6.75. The highest BCUT2D eigenvalue weighted by Crippen LogP contribution is 2.05. The summed E-state index contributed by atoms with van der Waals surface area (Å²) in [5.41, 5.74) is 0.895. The third-order valence-electron chi connectivity index (χ3n) is 1.38. The van der Waals surface area contributed by atoms with Crippen LogP contribution in [-0.4, -0.2) is 25.2 Å². The molecule has 1 N–H and O–H groups in total. The van der Waals surface area contributed by atoms with Crippen molar-refractivity contribution in [2.24, 2.45) is 4.66 Å². The maximum atomic E-state index is 9.38. The first kappa shape index (κ1) is 10.8. The first-order valence-electron chi connectivity index (χ1n) is 4.11. The summed E-state index contributed by atoms with van der Waals surface area (Å²) in [7, 11) is -1.37. The van der Waals surface area contributed by atoms with Crippen LogP contribution in [0.3, 0.4) is 0 Å². The molecule has 66 valence electrons. The monoisotopic (exact) mass is 173 g/mol. The number of hydrogen-bond donors (Lipinski definition) is 1. The van der Waals surface area contributed by atoms with Crippen LogP contribution >= 0.6 is 0 Å². The maximum Gasteiger partial charge on any atom is 0.172 e. The van der Waals surface area contributed by atoms with Crippen molar-refractivity contribution in [2.75, 3.05) is 0 Å². The number of nitrogens with zero attached hydrogens (tertiary/aromatic N) is 1. The van der Waals surface area contributed by atoms with Gasteiger partial charge in [0.2, 0.25) is 0 Å². The van der Waals surface area contributed by atoms with Crippen LogP contribution in [0.1, 0.15) is 20.3 Å². The minimum Gasteiger partial charge on any atom is -0.387 e. The zero-order chi connectivity index (χ0) is 9.07. The van der Waals surface area contributed by atoms with E-state index in [4.69, 9.17) is 0 Å². The Balaban J connectivity index is 4.22. The van der Waals surface area contributed by atoms with E-state index in [-0.39, 0.29) is 6.10 Å². The third kappa shape index (κ3) is 5.15. The fourth-order valence-corrected chi connectivity index (χ4v) is 2.11. The fourth-order valence-electron chi connectivity index (χ4n) is 0.899. The Kier molecular flexibility index (Phi) is 3.96. The number of aliphatic hydroxyl groups is 1. The van der Waals surface area contributed by atoms with Gasteiger partial charge in [-0.15, -0.1) is 0 Å².